The van der Waals surface area contributed by atoms with Crippen LogP contribution < -0.4 is 4.74 Å². The third kappa shape index (κ3) is 5.10. The summed E-state index contributed by atoms with van der Waals surface area (Å²) in [5.41, 5.74) is 0.976. The summed E-state index contributed by atoms with van der Waals surface area (Å²) < 4.78 is 32.5. The number of piperidine rings is 1. The maximum Gasteiger partial charge on any atom is 0.243 e. The van der Waals surface area contributed by atoms with Crippen LogP contribution in [0, 0.1) is 5.92 Å². The number of hydrogen-bond donors (Lipinski definition) is 0. The Labute approximate surface area is 177 Å². The predicted octanol–water partition coefficient (Wildman–Crippen LogP) is 3.41. The van der Waals surface area contributed by atoms with Gasteiger partial charge >= 0.3 is 0 Å². The highest BCUT2D eigenvalue weighted by Gasteiger charge is 2.34. The number of nitrogens with zero attached hydrogens (tertiary/aromatic N) is 2. The van der Waals surface area contributed by atoms with Crippen molar-refractivity contribution in [2.75, 3.05) is 27.2 Å². The molecule has 2 aromatic carbocycles. The minimum Gasteiger partial charge on any atom is -0.497 e. The van der Waals surface area contributed by atoms with E-state index in [1.54, 1.807) is 36.2 Å². The lowest BCUT2D eigenvalue weighted by Gasteiger charge is -2.33. The second kappa shape index (κ2) is 9.15. The number of amides is 1. The molecule has 1 atom stereocenters. The van der Waals surface area contributed by atoms with Crippen molar-refractivity contribution in [3.8, 4) is 5.75 Å². The second-order valence-corrected chi connectivity index (χ2v) is 9.57. The molecule has 3 rings (SSSR count). The summed E-state index contributed by atoms with van der Waals surface area (Å²) in [6.45, 7) is 1.06. The molecular weight excluding hydrogens is 412 g/mol. The Morgan fingerprint density at radius 2 is 1.83 bits per heavy atom. The quantitative estimate of drug-likeness (QED) is 0.696. The molecule has 1 unspecified atom stereocenters. The number of benzene rings is 2. The molecule has 6 nitrogen and oxygen atoms in total. The van der Waals surface area contributed by atoms with Gasteiger partial charge in [0, 0.05) is 31.7 Å². The first-order valence-corrected chi connectivity index (χ1v) is 11.3. The van der Waals surface area contributed by atoms with E-state index in [-0.39, 0.29) is 23.3 Å². The molecule has 1 heterocycles. The number of rotatable bonds is 6. The normalized spacial score (nSPS) is 17.7. The maximum absolute atomic E-state index is 13.0. The highest BCUT2D eigenvalue weighted by Crippen LogP contribution is 2.26. The lowest BCUT2D eigenvalue weighted by molar-refractivity contribution is -0.135. The molecule has 0 bridgehead atoms. The van der Waals surface area contributed by atoms with E-state index in [9.17, 15) is 13.2 Å². The molecule has 1 amide bonds. The smallest absolute Gasteiger partial charge is 0.243 e. The topological polar surface area (TPSA) is 66.9 Å². The van der Waals surface area contributed by atoms with Gasteiger partial charge in [0.15, 0.2) is 0 Å². The van der Waals surface area contributed by atoms with Gasteiger partial charge in [-0.25, -0.2) is 8.42 Å². The SMILES string of the molecule is COc1ccc(S(=O)(=O)N2CCCC(C(=O)N(C)Cc3ccc(Cl)cc3)C2)cc1. The molecule has 1 aliphatic rings. The third-order valence-electron chi connectivity index (χ3n) is 5.14. The lowest BCUT2D eigenvalue weighted by Crippen LogP contribution is -2.45. The summed E-state index contributed by atoms with van der Waals surface area (Å²) >= 11 is 5.91. The van der Waals surface area contributed by atoms with Crippen molar-refractivity contribution in [3.05, 3.63) is 59.1 Å². The van der Waals surface area contributed by atoms with Crippen molar-refractivity contribution in [1.82, 2.24) is 9.21 Å². The van der Waals surface area contributed by atoms with E-state index in [1.165, 1.54) is 23.5 Å². The molecule has 0 saturated carbocycles. The molecule has 2 aromatic rings. The van der Waals surface area contributed by atoms with Crippen LogP contribution in [0.25, 0.3) is 0 Å². The molecule has 0 aromatic heterocycles. The number of sulfonamides is 1. The predicted molar refractivity (Wildman–Crippen MR) is 112 cm³/mol. The van der Waals surface area contributed by atoms with Crippen molar-refractivity contribution in [2.24, 2.45) is 5.92 Å². The molecule has 156 valence electrons. The summed E-state index contributed by atoms with van der Waals surface area (Å²) in [5, 5.41) is 0.648. The number of carbonyl (C=O) groups excluding carboxylic acids is 1. The Morgan fingerprint density at radius 3 is 2.45 bits per heavy atom. The van der Waals surface area contributed by atoms with E-state index >= 15 is 0 Å². The fourth-order valence-corrected chi connectivity index (χ4v) is 5.16. The first-order valence-electron chi connectivity index (χ1n) is 9.45. The molecule has 0 N–H and O–H groups in total. The van der Waals surface area contributed by atoms with E-state index in [1.807, 2.05) is 12.1 Å². The van der Waals surface area contributed by atoms with Gasteiger partial charge in [-0.3, -0.25) is 4.79 Å². The number of carbonyl (C=O) groups is 1. The summed E-state index contributed by atoms with van der Waals surface area (Å²) in [7, 11) is -0.374. The van der Waals surface area contributed by atoms with Crippen LogP contribution in [0.3, 0.4) is 0 Å². The van der Waals surface area contributed by atoms with E-state index in [2.05, 4.69) is 0 Å². The van der Waals surface area contributed by atoms with Gasteiger partial charge in [-0.1, -0.05) is 23.7 Å². The molecular formula is C21H25ClN2O4S. The second-order valence-electron chi connectivity index (χ2n) is 7.20. The summed E-state index contributed by atoms with van der Waals surface area (Å²) in [6.07, 6.45) is 1.33. The minimum absolute atomic E-state index is 0.0467. The zero-order valence-electron chi connectivity index (χ0n) is 16.5. The number of hydrogen-bond acceptors (Lipinski definition) is 4. The number of ether oxygens (including phenoxy) is 1. The molecule has 1 saturated heterocycles. The lowest BCUT2D eigenvalue weighted by atomic mass is 9.98. The van der Waals surface area contributed by atoms with Crippen LogP contribution in [0.1, 0.15) is 18.4 Å². The fourth-order valence-electron chi connectivity index (χ4n) is 3.51. The molecule has 0 spiro atoms. The average molecular weight is 437 g/mol. The van der Waals surface area contributed by atoms with E-state index in [0.29, 0.717) is 36.7 Å². The van der Waals surface area contributed by atoms with Crippen LogP contribution in [0.15, 0.2) is 53.4 Å². The Kier molecular flexibility index (Phi) is 6.82. The van der Waals surface area contributed by atoms with E-state index in [4.69, 9.17) is 16.3 Å². The highest BCUT2D eigenvalue weighted by molar-refractivity contribution is 7.89. The summed E-state index contributed by atoms with van der Waals surface area (Å²) in [5.74, 6) is 0.197. The third-order valence-corrected chi connectivity index (χ3v) is 7.27. The highest BCUT2D eigenvalue weighted by atomic mass is 35.5. The van der Waals surface area contributed by atoms with Crippen LogP contribution in [0.4, 0.5) is 0 Å². The van der Waals surface area contributed by atoms with Gasteiger partial charge in [-0.15, -0.1) is 0 Å². The van der Waals surface area contributed by atoms with Crippen molar-refractivity contribution in [2.45, 2.75) is 24.3 Å². The van der Waals surface area contributed by atoms with Crippen molar-refractivity contribution >= 4 is 27.5 Å². The van der Waals surface area contributed by atoms with Gasteiger partial charge in [-0.2, -0.15) is 4.31 Å². The monoisotopic (exact) mass is 436 g/mol. The molecule has 8 heteroatoms. The zero-order valence-corrected chi connectivity index (χ0v) is 18.1. The average Bonchev–Trinajstić information content (AvgIpc) is 2.75. The van der Waals surface area contributed by atoms with Crippen molar-refractivity contribution in [1.29, 1.82) is 0 Å². The molecule has 0 aliphatic carbocycles. The summed E-state index contributed by atoms with van der Waals surface area (Å²) in [6, 6.07) is 13.7. The fraction of sp³-hybridized carbons (Fsp3) is 0.381. The van der Waals surface area contributed by atoms with Gasteiger partial charge in [0.1, 0.15) is 5.75 Å². The van der Waals surface area contributed by atoms with Crippen LogP contribution >= 0.6 is 11.6 Å². The maximum atomic E-state index is 13.0. The first-order chi connectivity index (χ1) is 13.8. The minimum atomic E-state index is -3.65. The van der Waals surface area contributed by atoms with Gasteiger partial charge in [0.05, 0.1) is 17.9 Å². The van der Waals surface area contributed by atoms with Crippen LogP contribution in [-0.2, 0) is 21.4 Å². The first kappa shape index (κ1) is 21.6. The Bertz CT molecular complexity index is 946. The van der Waals surface area contributed by atoms with Crippen molar-refractivity contribution in [3.63, 3.8) is 0 Å². The Morgan fingerprint density at radius 1 is 1.17 bits per heavy atom. The van der Waals surface area contributed by atoms with Gasteiger partial charge in [-0.05, 0) is 54.8 Å². The van der Waals surface area contributed by atoms with Crippen LogP contribution in [-0.4, -0.2) is 50.8 Å². The van der Waals surface area contributed by atoms with Crippen LogP contribution in [0.2, 0.25) is 5.02 Å². The van der Waals surface area contributed by atoms with Crippen molar-refractivity contribution < 1.29 is 17.9 Å². The Hall–Kier alpha value is -2.09. The number of halogens is 1. The number of methoxy groups -OCH3 is 1. The molecule has 0 radical (unpaired) electrons. The van der Waals surface area contributed by atoms with Gasteiger partial charge in [0.25, 0.3) is 0 Å². The molecule has 1 fully saturated rings. The molecule has 1 aliphatic heterocycles. The van der Waals surface area contributed by atoms with E-state index < -0.39 is 10.0 Å². The standard InChI is InChI=1S/C21H25ClN2O4S/c1-23(14-16-5-7-18(22)8-6-16)21(25)17-4-3-13-24(15-17)29(26,27)20-11-9-19(28-2)10-12-20/h5-12,17H,3-4,13-15H2,1-2H3. The van der Waals surface area contributed by atoms with E-state index in [0.717, 1.165) is 5.56 Å². The Balaban J connectivity index is 1.68. The van der Waals surface area contributed by atoms with Gasteiger partial charge in [0.2, 0.25) is 15.9 Å². The van der Waals surface area contributed by atoms with Crippen LogP contribution in [0.5, 0.6) is 5.75 Å². The molecule has 29 heavy (non-hydrogen) atoms. The largest absolute Gasteiger partial charge is 0.497 e. The zero-order chi connectivity index (χ0) is 21.0. The van der Waals surface area contributed by atoms with Gasteiger partial charge < -0.3 is 9.64 Å². The summed E-state index contributed by atoms with van der Waals surface area (Å²) in [4.78, 5) is 14.8.